The van der Waals surface area contributed by atoms with Gasteiger partial charge in [0, 0.05) is 0 Å². The third-order valence-electron chi connectivity index (χ3n) is 1.85. The number of nitrogens with one attached hydrogen (secondary N) is 1. The molecule has 0 fully saturated rings. The van der Waals surface area contributed by atoms with Crippen molar-refractivity contribution < 1.29 is 32.6 Å². The number of amides is 1. The van der Waals surface area contributed by atoms with Crippen LogP contribution >= 0.6 is 11.8 Å². The Morgan fingerprint density at radius 3 is 2.50 bits per heavy atom. The van der Waals surface area contributed by atoms with Gasteiger partial charge in [-0.2, -0.15) is 0 Å². The SMILES string of the molecule is O=C(O)CSCC(=O)Nc1ccccc1OC(F)(F)F. The van der Waals surface area contributed by atoms with Crippen LogP contribution in [0.15, 0.2) is 24.3 Å². The predicted octanol–water partition coefficient (Wildman–Crippen LogP) is 2.34. The van der Waals surface area contributed by atoms with Crippen LogP contribution in [0.3, 0.4) is 0 Å². The number of carbonyl (C=O) groups is 2. The molecule has 20 heavy (non-hydrogen) atoms. The summed E-state index contributed by atoms with van der Waals surface area (Å²) in [5, 5.41) is 10.6. The number of anilines is 1. The van der Waals surface area contributed by atoms with Crippen LogP contribution < -0.4 is 10.1 Å². The average molecular weight is 309 g/mol. The molecular formula is C11H10F3NO4S. The number of carbonyl (C=O) groups excluding carboxylic acids is 1. The fraction of sp³-hybridized carbons (Fsp3) is 0.273. The van der Waals surface area contributed by atoms with Crippen LogP contribution in [0.1, 0.15) is 0 Å². The van der Waals surface area contributed by atoms with E-state index < -0.39 is 24.0 Å². The highest BCUT2D eigenvalue weighted by Gasteiger charge is 2.32. The van der Waals surface area contributed by atoms with Crippen LogP contribution in [0.25, 0.3) is 0 Å². The largest absolute Gasteiger partial charge is 0.573 e. The van der Waals surface area contributed by atoms with E-state index in [0.29, 0.717) is 0 Å². The van der Waals surface area contributed by atoms with E-state index in [4.69, 9.17) is 5.11 Å². The van der Waals surface area contributed by atoms with Crippen LogP contribution in [-0.4, -0.2) is 34.9 Å². The number of thioether (sulfide) groups is 1. The Balaban J connectivity index is 2.63. The maximum Gasteiger partial charge on any atom is 0.573 e. The van der Waals surface area contributed by atoms with Crippen LogP contribution in [0.5, 0.6) is 5.75 Å². The van der Waals surface area contributed by atoms with E-state index in [9.17, 15) is 22.8 Å². The zero-order valence-electron chi connectivity index (χ0n) is 9.94. The Labute approximate surface area is 116 Å². The van der Waals surface area contributed by atoms with Crippen LogP contribution in [-0.2, 0) is 9.59 Å². The molecule has 5 nitrogen and oxygen atoms in total. The molecule has 0 saturated heterocycles. The van der Waals surface area contributed by atoms with Crippen molar-refractivity contribution in [3.05, 3.63) is 24.3 Å². The van der Waals surface area contributed by atoms with Gasteiger partial charge in [0.25, 0.3) is 0 Å². The predicted molar refractivity (Wildman–Crippen MR) is 66.7 cm³/mol. The van der Waals surface area contributed by atoms with E-state index in [1.54, 1.807) is 0 Å². The minimum absolute atomic E-state index is 0.134. The lowest BCUT2D eigenvalue weighted by Crippen LogP contribution is -2.20. The lowest BCUT2D eigenvalue weighted by atomic mass is 10.3. The van der Waals surface area contributed by atoms with E-state index in [1.165, 1.54) is 18.2 Å². The summed E-state index contributed by atoms with van der Waals surface area (Å²) in [6.07, 6.45) is -4.86. The number of carboxylic acids is 1. The molecule has 0 saturated carbocycles. The second kappa shape index (κ2) is 7.04. The number of ether oxygens (including phenoxy) is 1. The van der Waals surface area contributed by atoms with E-state index in [0.717, 1.165) is 17.8 Å². The molecule has 0 spiro atoms. The van der Waals surface area contributed by atoms with Crippen molar-refractivity contribution in [3.8, 4) is 5.75 Å². The molecule has 1 rings (SSSR count). The van der Waals surface area contributed by atoms with Gasteiger partial charge in [0.2, 0.25) is 5.91 Å². The summed E-state index contributed by atoms with van der Waals surface area (Å²) in [7, 11) is 0. The molecule has 9 heteroatoms. The van der Waals surface area contributed by atoms with Gasteiger partial charge in [0.15, 0.2) is 5.75 Å². The summed E-state index contributed by atoms with van der Waals surface area (Å²) in [6, 6.07) is 5.08. The van der Waals surface area contributed by atoms with Crippen molar-refractivity contribution in [1.29, 1.82) is 0 Å². The zero-order valence-corrected chi connectivity index (χ0v) is 10.8. The topological polar surface area (TPSA) is 75.6 Å². The highest BCUT2D eigenvalue weighted by Crippen LogP contribution is 2.29. The Kier molecular flexibility index (Phi) is 5.68. The van der Waals surface area contributed by atoms with Gasteiger partial charge in [0.05, 0.1) is 17.2 Å². The number of aliphatic carboxylic acids is 1. The number of hydrogen-bond acceptors (Lipinski definition) is 4. The van der Waals surface area contributed by atoms with Crippen molar-refractivity contribution in [2.24, 2.45) is 0 Å². The molecular weight excluding hydrogens is 299 g/mol. The molecule has 0 aliphatic heterocycles. The Bertz CT molecular complexity index is 493. The molecule has 0 aliphatic carbocycles. The lowest BCUT2D eigenvalue weighted by molar-refractivity contribution is -0.274. The lowest BCUT2D eigenvalue weighted by Gasteiger charge is -2.13. The smallest absolute Gasteiger partial charge is 0.481 e. The first kappa shape index (κ1) is 16.2. The van der Waals surface area contributed by atoms with Crippen molar-refractivity contribution >= 4 is 29.3 Å². The number of halogens is 3. The van der Waals surface area contributed by atoms with Crippen molar-refractivity contribution in [3.63, 3.8) is 0 Å². The second-order valence-corrected chi connectivity index (χ2v) is 4.46. The van der Waals surface area contributed by atoms with E-state index >= 15 is 0 Å². The van der Waals surface area contributed by atoms with Gasteiger partial charge >= 0.3 is 12.3 Å². The van der Waals surface area contributed by atoms with Crippen molar-refractivity contribution in [2.75, 3.05) is 16.8 Å². The summed E-state index contributed by atoms with van der Waals surface area (Å²) in [6.45, 7) is 0. The molecule has 0 bridgehead atoms. The summed E-state index contributed by atoms with van der Waals surface area (Å²) in [5.41, 5.74) is -0.134. The molecule has 0 aromatic heterocycles. The molecule has 0 radical (unpaired) electrons. The molecule has 0 atom stereocenters. The van der Waals surface area contributed by atoms with Gasteiger partial charge in [-0.25, -0.2) is 0 Å². The van der Waals surface area contributed by atoms with E-state index in [1.807, 2.05) is 0 Å². The van der Waals surface area contributed by atoms with E-state index in [-0.39, 0.29) is 17.2 Å². The quantitative estimate of drug-likeness (QED) is 0.843. The molecule has 0 unspecified atom stereocenters. The summed E-state index contributed by atoms with van der Waals surface area (Å²) < 4.78 is 40.2. The summed E-state index contributed by atoms with van der Waals surface area (Å²) in [5.74, 6) is -2.68. The number of rotatable bonds is 6. The van der Waals surface area contributed by atoms with Crippen LogP contribution in [0.4, 0.5) is 18.9 Å². The minimum atomic E-state index is -4.86. The van der Waals surface area contributed by atoms with Crippen LogP contribution in [0.2, 0.25) is 0 Å². The number of hydrogen-bond donors (Lipinski definition) is 2. The molecule has 1 amide bonds. The third-order valence-corrected chi connectivity index (χ3v) is 2.76. The number of alkyl halides is 3. The molecule has 1 aromatic carbocycles. The molecule has 110 valence electrons. The van der Waals surface area contributed by atoms with Gasteiger partial charge in [-0.15, -0.1) is 24.9 Å². The summed E-state index contributed by atoms with van der Waals surface area (Å²) >= 11 is 0.833. The standard InChI is InChI=1S/C11H10F3NO4S/c12-11(13,14)19-8-4-2-1-3-7(8)15-9(16)5-20-6-10(17)18/h1-4H,5-6H2,(H,15,16)(H,17,18). The normalized spacial score (nSPS) is 10.9. The Morgan fingerprint density at radius 2 is 1.90 bits per heavy atom. The molecule has 0 heterocycles. The number of carboxylic acid groups (broad SMARTS) is 1. The molecule has 1 aromatic rings. The highest BCUT2D eigenvalue weighted by molar-refractivity contribution is 8.00. The van der Waals surface area contributed by atoms with Crippen LogP contribution in [0, 0.1) is 0 Å². The minimum Gasteiger partial charge on any atom is -0.481 e. The van der Waals surface area contributed by atoms with E-state index in [2.05, 4.69) is 10.1 Å². The van der Waals surface area contributed by atoms with Crippen molar-refractivity contribution in [1.82, 2.24) is 0 Å². The fourth-order valence-corrected chi connectivity index (χ4v) is 1.74. The molecule has 0 aliphatic rings. The van der Waals surface area contributed by atoms with Gasteiger partial charge in [0.1, 0.15) is 0 Å². The first-order chi connectivity index (χ1) is 9.28. The molecule has 2 N–H and O–H groups in total. The maximum atomic E-state index is 12.1. The van der Waals surface area contributed by atoms with Crippen molar-refractivity contribution in [2.45, 2.75) is 6.36 Å². The Hall–Kier alpha value is -1.90. The first-order valence-electron chi connectivity index (χ1n) is 5.22. The third kappa shape index (κ3) is 6.32. The van der Waals surface area contributed by atoms with Gasteiger partial charge in [-0.1, -0.05) is 12.1 Å². The van der Waals surface area contributed by atoms with Gasteiger partial charge in [-0.05, 0) is 12.1 Å². The average Bonchev–Trinajstić information content (AvgIpc) is 2.29. The summed E-state index contributed by atoms with van der Waals surface area (Å²) in [4.78, 5) is 21.7. The van der Waals surface area contributed by atoms with Gasteiger partial charge < -0.3 is 15.2 Å². The maximum absolute atomic E-state index is 12.1. The van der Waals surface area contributed by atoms with Gasteiger partial charge in [-0.3, -0.25) is 9.59 Å². The second-order valence-electron chi connectivity index (χ2n) is 3.48. The number of para-hydroxylation sites is 2. The Morgan fingerprint density at radius 1 is 1.25 bits per heavy atom. The first-order valence-corrected chi connectivity index (χ1v) is 6.37. The fourth-order valence-electron chi connectivity index (χ4n) is 1.20. The highest BCUT2D eigenvalue weighted by atomic mass is 32.2. The zero-order chi connectivity index (χ0) is 15.2. The monoisotopic (exact) mass is 309 g/mol. The number of benzene rings is 1.